The number of aryl methyl sites for hydroxylation is 1. The van der Waals surface area contributed by atoms with E-state index in [1.165, 1.54) is 12.1 Å². The Morgan fingerprint density at radius 1 is 1.58 bits per heavy atom. The van der Waals surface area contributed by atoms with Crippen molar-refractivity contribution in [3.63, 3.8) is 0 Å². The van der Waals surface area contributed by atoms with Gasteiger partial charge in [-0.05, 0) is 37.1 Å². The molecular formula is C14H17BrFNO2. The van der Waals surface area contributed by atoms with Crippen molar-refractivity contribution < 1.29 is 13.9 Å². The number of carbonyl (C=O) groups excluding carboxylic acids is 1. The summed E-state index contributed by atoms with van der Waals surface area (Å²) in [6, 6.07) is 4.55. The number of carbonyl (C=O) groups is 1. The highest BCUT2D eigenvalue weighted by Gasteiger charge is 2.21. The lowest BCUT2D eigenvalue weighted by Crippen LogP contribution is -2.44. The number of halogens is 2. The van der Waals surface area contributed by atoms with E-state index in [0.717, 1.165) is 10.0 Å². The quantitative estimate of drug-likeness (QED) is 0.853. The fourth-order valence-corrected chi connectivity index (χ4v) is 2.62. The number of amides is 1. The summed E-state index contributed by atoms with van der Waals surface area (Å²) in [7, 11) is 0. The van der Waals surface area contributed by atoms with Crippen LogP contribution in [0.5, 0.6) is 0 Å². The van der Waals surface area contributed by atoms with E-state index in [1.807, 2.05) is 11.8 Å². The van der Waals surface area contributed by atoms with E-state index in [4.69, 9.17) is 4.74 Å². The third kappa shape index (κ3) is 4.01. The lowest BCUT2D eigenvalue weighted by Gasteiger charge is -2.31. The van der Waals surface area contributed by atoms with Crippen molar-refractivity contribution >= 4 is 21.8 Å². The molecule has 104 valence electrons. The van der Waals surface area contributed by atoms with Crippen molar-refractivity contribution in [1.29, 1.82) is 0 Å². The van der Waals surface area contributed by atoms with Gasteiger partial charge >= 0.3 is 0 Å². The molecule has 0 spiro atoms. The van der Waals surface area contributed by atoms with Gasteiger partial charge in [-0.25, -0.2) is 4.39 Å². The minimum atomic E-state index is -0.273. The van der Waals surface area contributed by atoms with Crippen LogP contribution >= 0.6 is 15.9 Å². The maximum atomic E-state index is 13.1. The van der Waals surface area contributed by atoms with Crippen LogP contribution in [0.15, 0.2) is 22.7 Å². The van der Waals surface area contributed by atoms with Gasteiger partial charge in [-0.1, -0.05) is 15.9 Å². The predicted octanol–water partition coefficient (Wildman–Crippen LogP) is 2.77. The molecule has 2 rings (SSSR count). The zero-order chi connectivity index (χ0) is 13.8. The molecule has 3 nitrogen and oxygen atoms in total. The molecule has 0 saturated carbocycles. The number of morpholine rings is 1. The maximum absolute atomic E-state index is 13.1. The second-order valence-electron chi connectivity index (χ2n) is 4.76. The van der Waals surface area contributed by atoms with Crippen LogP contribution in [0.25, 0.3) is 0 Å². The number of nitrogens with zero attached hydrogens (tertiary/aromatic N) is 1. The smallest absolute Gasteiger partial charge is 0.223 e. The molecule has 1 aromatic carbocycles. The third-order valence-electron chi connectivity index (χ3n) is 3.21. The standard InChI is InChI=1S/C14H17BrFNO2/c1-10-9-17(6-7-19-10)14(18)5-2-11-8-12(16)3-4-13(11)15/h3-4,8,10H,2,5-7,9H2,1H3/t10-/m1/s1. The summed E-state index contributed by atoms with van der Waals surface area (Å²) in [5, 5.41) is 0. The Hall–Kier alpha value is -0.940. The van der Waals surface area contributed by atoms with Crippen LogP contribution in [-0.2, 0) is 16.0 Å². The molecule has 0 unspecified atom stereocenters. The topological polar surface area (TPSA) is 29.5 Å². The summed E-state index contributed by atoms with van der Waals surface area (Å²) in [6.45, 7) is 3.84. The predicted molar refractivity (Wildman–Crippen MR) is 74.4 cm³/mol. The molecular weight excluding hydrogens is 313 g/mol. The van der Waals surface area contributed by atoms with E-state index in [2.05, 4.69) is 15.9 Å². The van der Waals surface area contributed by atoms with Crippen LogP contribution in [-0.4, -0.2) is 36.6 Å². The number of benzene rings is 1. The largest absolute Gasteiger partial charge is 0.375 e. The highest BCUT2D eigenvalue weighted by Crippen LogP contribution is 2.20. The molecule has 1 atom stereocenters. The summed E-state index contributed by atoms with van der Waals surface area (Å²) < 4.78 is 19.4. The zero-order valence-corrected chi connectivity index (χ0v) is 12.5. The van der Waals surface area contributed by atoms with Gasteiger partial charge in [0.05, 0.1) is 12.7 Å². The normalized spacial score (nSPS) is 19.5. The Kier molecular flexibility index (Phi) is 4.93. The van der Waals surface area contributed by atoms with Gasteiger partial charge in [-0.2, -0.15) is 0 Å². The molecule has 1 saturated heterocycles. The maximum Gasteiger partial charge on any atom is 0.223 e. The molecule has 0 N–H and O–H groups in total. The molecule has 1 heterocycles. The molecule has 0 aliphatic carbocycles. The summed E-state index contributed by atoms with van der Waals surface area (Å²) in [5.74, 6) is -0.169. The van der Waals surface area contributed by atoms with Crippen LogP contribution in [0.1, 0.15) is 18.9 Å². The van der Waals surface area contributed by atoms with E-state index in [1.54, 1.807) is 6.07 Å². The van der Waals surface area contributed by atoms with E-state index in [0.29, 0.717) is 32.5 Å². The van der Waals surface area contributed by atoms with Crippen LogP contribution < -0.4 is 0 Å². The Morgan fingerprint density at radius 2 is 2.37 bits per heavy atom. The molecule has 1 amide bonds. The SMILES string of the molecule is C[C@@H]1CN(C(=O)CCc2cc(F)ccc2Br)CCO1. The Balaban J connectivity index is 1.91. The molecule has 0 bridgehead atoms. The monoisotopic (exact) mass is 329 g/mol. The lowest BCUT2D eigenvalue weighted by atomic mass is 10.1. The van der Waals surface area contributed by atoms with Gasteiger partial charge < -0.3 is 9.64 Å². The minimum Gasteiger partial charge on any atom is -0.375 e. The first-order valence-electron chi connectivity index (χ1n) is 6.39. The average molecular weight is 330 g/mol. The molecule has 0 aromatic heterocycles. The first-order chi connectivity index (χ1) is 9.06. The number of hydrogen-bond acceptors (Lipinski definition) is 2. The Labute approximate surface area is 120 Å². The van der Waals surface area contributed by atoms with Crippen molar-refractivity contribution in [2.75, 3.05) is 19.7 Å². The number of hydrogen-bond donors (Lipinski definition) is 0. The zero-order valence-electron chi connectivity index (χ0n) is 10.9. The van der Waals surface area contributed by atoms with E-state index < -0.39 is 0 Å². The number of rotatable bonds is 3. The highest BCUT2D eigenvalue weighted by atomic mass is 79.9. The molecule has 1 aliphatic rings. The highest BCUT2D eigenvalue weighted by molar-refractivity contribution is 9.10. The van der Waals surface area contributed by atoms with Gasteiger partial charge in [0.1, 0.15) is 5.82 Å². The lowest BCUT2D eigenvalue weighted by molar-refractivity contribution is -0.138. The fourth-order valence-electron chi connectivity index (χ4n) is 2.18. The fraction of sp³-hybridized carbons (Fsp3) is 0.500. The molecule has 1 aromatic rings. The molecule has 1 fully saturated rings. The van der Waals surface area contributed by atoms with Crippen LogP contribution in [0.4, 0.5) is 4.39 Å². The van der Waals surface area contributed by atoms with E-state index in [-0.39, 0.29) is 17.8 Å². The van der Waals surface area contributed by atoms with Gasteiger partial charge in [-0.3, -0.25) is 4.79 Å². The van der Waals surface area contributed by atoms with Crippen molar-refractivity contribution in [3.05, 3.63) is 34.1 Å². The summed E-state index contributed by atoms with van der Waals surface area (Å²) >= 11 is 3.37. The van der Waals surface area contributed by atoms with Crippen molar-refractivity contribution in [2.24, 2.45) is 0 Å². The summed E-state index contributed by atoms with van der Waals surface area (Å²) in [5.41, 5.74) is 0.828. The summed E-state index contributed by atoms with van der Waals surface area (Å²) in [6.07, 6.45) is 1.04. The Morgan fingerprint density at radius 3 is 3.11 bits per heavy atom. The molecule has 5 heteroatoms. The first kappa shape index (κ1) is 14.5. The van der Waals surface area contributed by atoms with Gasteiger partial charge in [0.15, 0.2) is 0 Å². The second-order valence-corrected chi connectivity index (χ2v) is 5.61. The third-order valence-corrected chi connectivity index (χ3v) is 3.98. The van der Waals surface area contributed by atoms with Gasteiger partial charge in [-0.15, -0.1) is 0 Å². The van der Waals surface area contributed by atoms with Gasteiger partial charge in [0.25, 0.3) is 0 Å². The van der Waals surface area contributed by atoms with Crippen LogP contribution in [0.2, 0.25) is 0 Å². The average Bonchev–Trinajstić information content (AvgIpc) is 2.39. The number of ether oxygens (including phenoxy) is 1. The van der Waals surface area contributed by atoms with Gasteiger partial charge in [0.2, 0.25) is 5.91 Å². The second kappa shape index (κ2) is 6.48. The van der Waals surface area contributed by atoms with Crippen LogP contribution in [0, 0.1) is 5.82 Å². The summed E-state index contributed by atoms with van der Waals surface area (Å²) in [4.78, 5) is 13.9. The van der Waals surface area contributed by atoms with Crippen LogP contribution in [0.3, 0.4) is 0 Å². The Bertz CT molecular complexity index is 467. The first-order valence-corrected chi connectivity index (χ1v) is 7.19. The van der Waals surface area contributed by atoms with E-state index >= 15 is 0 Å². The minimum absolute atomic E-state index is 0.0959. The van der Waals surface area contributed by atoms with Crippen molar-refractivity contribution in [1.82, 2.24) is 4.90 Å². The van der Waals surface area contributed by atoms with Crippen molar-refractivity contribution in [2.45, 2.75) is 25.9 Å². The molecule has 0 radical (unpaired) electrons. The van der Waals surface area contributed by atoms with Crippen molar-refractivity contribution in [3.8, 4) is 0 Å². The van der Waals surface area contributed by atoms with Gasteiger partial charge in [0, 0.05) is 24.0 Å². The van der Waals surface area contributed by atoms with E-state index in [9.17, 15) is 9.18 Å². The molecule has 1 aliphatic heterocycles. The molecule has 19 heavy (non-hydrogen) atoms.